The second-order valence-electron chi connectivity index (χ2n) is 10.4. The van der Waals surface area contributed by atoms with Crippen molar-refractivity contribution in [3.63, 3.8) is 0 Å². The van der Waals surface area contributed by atoms with Gasteiger partial charge in [-0.15, -0.1) is 0 Å². The monoisotopic (exact) mass is 555 g/mol. The number of esters is 1. The van der Waals surface area contributed by atoms with Gasteiger partial charge in [-0.25, -0.2) is 19.3 Å². The average molecular weight is 556 g/mol. The van der Waals surface area contributed by atoms with Crippen molar-refractivity contribution in [2.75, 3.05) is 18.4 Å². The molecule has 2 saturated heterocycles. The molecule has 2 aliphatic rings. The van der Waals surface area contributed by atoms with E-state index in [4.69, 9.17) is 9.47 Å². The zero-order valence-corrected chi connectivity index (χ0v) is 22.7. The first kappa shape index (κ1) is 27.9. The first-order valence-corrected chi connectivity index (χ1v) is 13.8. The maximum absolute atomic E-state index is 13.2. The highest BCUT2D eigenvalue weighted by Crippen LogP contribution is 2.37. The fourth-order valence-electron chi connectivity index (χ4n) is 5.31. The van der Waals surface area contributed by atoms with Crippen LogP contribution in [0.15, 0.2) is 91.0 Å². The largest absolute Gasteiger partial charge is 0.459 e. The Morgan fingerprint density at radius 1 is 0.756 bits per heavy atom. The third kappa shape index (κ3) is 6.92. The number of rotatable bonds is 8. The minimum atomic E-state index is -1.01. The van der Waals surface area contributed by atoms with E-state index in [0.717, 1.165) is 16.0 Å². The van der Waals surface area contributed by atoms with Crippen molar-refractivity contribution in [2.24, 2.45) is 11.8 Å². The van der Waals surface area contributed by atoms with Gasteiger partial charge < -0.3 is 19.7 Å². The molecule has 2 atom stereocenters. The number of nitrogens with zero attached hydrogens (tertiary/aromatic N) is 2. The van der Waals surface area contributed by atoms with Gasteiger partial charge in [0, 0.05) is 18.8 Å². The summed E-state index contributed by atoms with van der Waals surface area (Å²) in [5, 5.41) is 2.70. The molecular weight excluding hydrogens is 522 g/mol. The van der Waals surface area contributed by atoms with Crippen LogP contribution in [0.4, 0.5) is 15.3 Å². The van der Waals surface area contributed by atoms with Crippen LogP contribution in [0.5, 0.6) is 0 Å². The molecule has 0 aliphatic carbocycles. The SMILES string of the molecule is O=C(OCc1ccccc1)[C@@H]1[C@@H](CC2CCN(C(=O)OCc3ccccc3)CC2)C(=O)N1C(=O)Nc1ccccc1. The minimum absolute atomic E-state index is 0.0503. The summed E-state index contributed by atoms with van der Waals surface area (Å²) in [6.07, 6.45) is 1.42. The van der Waals surface area contributed by atoms with E-state index < -0.39 is 29.9 Å². The van der Waals surface area contributed by atoms with E-state index in [1.807, 2.05) is 66.7 Å². The Bertz CT molecular complexity index is 1340. The van der Waals surface area contributed by atoms with E-state index in [-0.39, 0.29) is 25.2 Å². The number of piperidine rings is 1. The number of amides is 4. The molecule has 0 saturated carbocycles. The van der Waals surface area contributed by atoms with Crippen LogP contribution in [-0.2, 0) is 32.3 Å². The van der Waals surface area contributed by atoms with E-state index in [1.54, 1.807) is 29.2 Å². The molecule has 0 spiro atoms. The zero-order chi connectivity index (χ0) is 28.6. The van der Waals surface area contributed by atoms with Crippen molar-refractivity contribution < 1.29 is 28.7 Å². The highest BCUT2D eigenvalue weighted by Gasteiger charge is 2.56. The van der Waals surface area contributed by atoms with Crippen LogP contribution in [0.25, 0.3) is 0 Å². The van der Waals surface area contributed by atoms with Crippen LogP contribution in [0.2, 0.25) is 0 Å². The Kier molecular flexibility index (Phi) is 8.93. The zero-order valence-electron chi connectivity index (χ0n) is 22.7. The van der Waals surface area contributed by atoms with Crippen molar-refractivity contribution in [1.82, 2.24) is 9.80 Å². The molecule has 41 heavy (non-hydrogen) atoms. The summed E-state index contributed by atoms with van der Waals surface area (Å²) in [6, 6.07) is 25.9. The van der Waals surface area contributed by atoms with E-state index >= 15 is 0 Å². The first-order chi connectivity index (χ1) is 20.0. The van der Waals surface area contributed by atoms with Gasteiger partial charge in [0.15, 0.2) is 6.04 Å². The third-order valence-corrected chi connectivity index (χ3v) is 7.59. The second kappa shape index (κ2) is 13.1. The van der Waals surface area contributed by atoms with Crippen LogP contribution in [0.3, 0.4) is 0 Å². The lowest BCUT2D eigenvalue weighted by Crippen LogP contribution is -2.67. The predicted molar refractivity (Wildman–Crippen MR) is 151 cm³/mol. The minimum Gasteiger partial charge on any atom is -0.459 e. The Hall–Kier alpha value is -4.66. The summed E-state index contributed by atoms with van der Waals surface area (Å²) in [4.78, 5) is 54.7. The molecule has 1 N–H and O–H groups in total. The topological polar surface area (TPSA) is 105 Å². The number of para-hydroxylation sites is 1. The predicted octanol–water partition coefficient (Wildman–Crippen LogP) is 5.23. The number of anilines is 1. The van der Waals surface area contributed by atoms with Crippen LogP contribution in [0, 0.1) is 11.8 Å². The number of imide groups is 1. The molecule has 2 heterocycles. The Morgan fingerprint density at radius 2 is 1.29 bits per heavy atom. The molecule has 9 nitrogen and oxygen atoms in total. The second-order valence-corrected chi connectivity index (χ2v) is 10.4. The number of hydrogen-bond acceptors (Lipinski definition) is 6. The smallest absolute Gasteiger partial charge is 0.410 e. The molecular formula is C32H33N3O6. The Balaban J connectivity index is 1.18. The van der Waals surface area contributed by atoms with Crippen LogP contribution in [0.1, 0.15) is 30.4 Å². The summed E-state index contributed by atoms with van der Waals surface area (Å²) in [7, 11) is 0. The maximum atomic E-state index is 13.2. The maximum Gasteiger partial charge on any atom is 0.410 e. The number of β-lactam (4-membered cyclic amide) rings is 1. The van der Waals surface area contributed by atoms with Crippen LogP contribution < -0.4 is 5.32 Å². The summed E-state index contributed by atoms with van der Waals surface area (Å²) in [5.41, 5.74) is 2.26. The standard InChI is InChI=1S/C32H33N3O6/c36-29-27(20-23-16-18-34(19-17-23)32(39)41-22-25-12-6-2-7-13-25)28(30(37)40-21-24-10-4-1-5-11-24)35(29)31(38)33-26-14-8-3-9-15-26/h1-15,23,27-28H,16-22H2,(H,33,38)/t27-,28+/m1/s1. The van der Waals surface area contributed by atoms with Crippen molar-refractivity contribution in [1.29, 1.82) is 0 Å². The van der Waals surface area contributed by atoms with Gasteiger partial charge in [0.1, 0.15) is 13.2 Å². The molecule has 2 fully saturated rings. The van der Waals surface area contributed by atoms with Gasteiger partial charge >= 0.3 is 18.1 Å². The molecule has 0 radical (unpaired) electrons. The fraction of sp³-hybridized carbons (Fsp3) is 0.312. The number of urea groups is 1. The van der Waals surface area contributed by atoms with Gasteiger partial charge in [0.2, 0.25) is 5.91 Å². The van der Waals surface area contributed by atoms with Crippen molar-refractivity contribution in [3.05, 3.63) is 102 Å². The first-order valence-electron chi connectivity index (χ1n) is 13.8. The van der Waals surface area contributed by atoms with Gasteiger partial charge in [0.25, 0.3) is 0 Å². The lowest BCUT2D eigenvalue weighted by molar-refractivity contribution is -0.171. The number of hydrogen-bond donors (Lipinski definition) is 1. The lowest BCUT2D eigenvalue weighted by atomic mass is 9.77. The number of carbonyl (C=O) groups is 4. The van der Waals surface area contributed by atoms with Crippen molar-refractivity contribution in [3.8, 4) is 0 Å². The molecule has 5 rings (SSSR count). The molecule has 2 aliphatic heterocycles. The summed E-state index contributed by atoms with van der Waals surface area (Å²) >= 11 is 0. The van der Waals surface area contributed by atoms with Gasteiger partial charge in [0.05, 0.1) is 5.92 Å². The average Bonchev–Trinajstić information content (AvgIpc) is 3.01. The van der Waals surface area contributed by atoms with Crippen molar-refractivity contribution >= 4 is 29.7 Å². The fourth-order valence-corrected chi connectivity index (χ4v) is 5.31. The molecule has 212 valence electrons. The van der Waals surface area contributed by atoms with Crippen LogP contribution >= 0.6 is 0 Å². The lowest BCUT2D eigenvalue weighted by Gasteiger charge is -2.45. The summed E-state index contributed by atoms with van der Waals surface area (Å²) in [5.74, 6) is -1.55. The third-order valence-electron chi connectivity index (χ3n) is 7.59. The number of carbonyl (C=O) groups excluding carboxylic acids is 4. The summed E-state index contributed by atoms with van der Waals surface area (Å²) in [6.45, 7) is 1.26. The quantitative estimate of drug-likeness (QED) is 0.302. The van der Waals surface area contributed by atoms with Gasteiger partial charge in [-0.1, -0.05) is 78.9 Å². The molecule has 0 bridgehead atoms. The van der Waals surface area contributed by atoms with Crippen LogP contribution in [-0.4, -0.2) is 52.9 Å². The Labute approximate surface area is 239 Å². The van der Waals surface area contributed by atoms with Gasteiger partial charge in [-0.2, -0.15) is 0 Å². The highest BCUT2D eigenvalue weighted by atomic mass is 16.6. The van der Waals surface area contributed by atoms with Gasteiger partial charge in [-0.3, -0.25) is 4.79 Å². The number of ether oxygens (including phenoxy) is 2. The van der Waals surface area contributed by atoms with E-state index in [0.29, 0.717) is 38.0 Å². The number of benzene rings is 3. The number of likely N-dealkylation sites (tertiary alicyclic amines) is 2. The van der Waals surface area contributed by atoms with E-state index in [9.17, 15) is 19.2 Å². The van der Waals surface area contributed by atoms with E-state index in [1.165, 1.54) is 0 Å². The highest BCUT2D eigenvalue weighted by molar-refractivity contribution is 6.11. The molecule has 4 amide bonds. The normalized spacial score (nSPS) is 18.8. The van der Waals surface area contributed by atoms with Gasteiger partial charge in [-0.05, 0) is 48.4 Å². The Morgan fingerprint density at radius 3 is 1.88 bits per heavy atom. The summed E-state index contributed by atoms with van der Waals surface area (Å²) < 4.78 is 11.0. The molecule has 3 aromatic rings. The molecule has 0 unspecified atom stereocenters. The molecule has 3 aromatic carbocycles. The molecule has 9 heteroatoms. The van der Waals surface area contributed by atoms with Crippen molar-refractivity contribution in [2.45, 2.75) is 38.5 Å². The molecule has 0 aromatic heterocycles. The number of nitrogens with one attached hydrogen (secondary N) is 1. The van der Waals surface area contributed by atoms with E-state index in [2.05, 4.69) is 5.32 Å².